The maximum Gasteiger partial charge on any atom is 0.211 e. The van der Waals surface area contributed by atoms with Crippen LogP contribution in [0.4, 0.5) is 0 Å². The molecule has 0 saturated heterocycles. The van der Waals surface area contributed by atoms with Crippen LogP contribution in [-0.2, 0) is 10.0 Å². The maximum absolute atomic E-state index is 11.8. The molecule has 0 spiro atoms. The van der Waals surface area contributed by atoms with Gasteiger partial charge in [0.1, 0.15) is 5.75 Å². The molecule has 0 aliphatic carbocycles. The van der Waals surface area contributed by atoms with Gasteiger partial charge in [-0.2, -0.15) is 0 Å². The number of nitrogens with one attached hydrogen (secondary N) is 1. The van der Waals surface area contributed by atoms with Crippen molar-refractivity contribution in [1.29, 1.82) is 0 Å². The second-order valence-electron chi connectivity index (χ2n) is 4.89. The van der Waals surface area contributed by atoms with E-state index in [1.165, 1.54) is 0 Å². The third-order valence-electron chi connectivity index (χ3n) is 3.40. The maximum atomic E-state index is 11.8. The van der Waals surface area contributed by atoms with Crippen molar-refractivity contribution in [2.75, 3.05) is 18.9 Å². The van der Waals surface area contributed by atoms with E-state index < -0.39 is 10.0 Å². The summed E-state index contributed by atoms with van der Waals surface area (Å²) in [5.41, 5.74) is 1.10. The summed E-state index contributed by atoms with van der Waals surface area (Å²) in [7, 11) is -3.14. The minimum atomic E-state index is -3.14. The SMILES string of the molecule is CCCCS(=O)(=O)NCC1CCOc2ccccc21. The molecule has 0 amide bonds. The lowest BCUT2D eigenvalue weighted by Gasteiger charge is -2.25. The zero-order valence-corrected chi connectivity index (χ0v) is 12.1. The molecule has 4 nitrogen and oxygen atoms in total. The monoisotopic (exact) mass is 283 g/mol. The van der Waals surface area contributed by atoms with Crippen molar-refractivity contribution >= 4 is 10.0 Å². The fraction of sp³-hybridized carbons (Fsp3) is 0.571. The molecule has 106 valence electrons. The van der Waals surface area contributed by atoms with Crippen molar-refractivity contribution in [3.05, 3.63) is 29.8 Å². The number of sulfonamides is 1. The average Bonchev–Trinajstić information content (AvgIpc) is 2.43. The van der Waals surface area contributed by atoms with Crippen molar-refractivity contribution in [2.24, 2.45) is 0 Å². The molecule has 1 aliphatic rings. The van der Waals surface area contributed by atoms with E-state index in [1.54, 1.807) is 0 Å². The van der Waals surface area contributed by atoms with Crippen LogP contribution in [0, 0.1) is 0 Å². The number of hydrogen-bond acceptors (Lipinski definition) is 3. The van der Waals surface area contributed by atoms with Crippen LogP contribution >= 0.6 is 0 Å². The van der Waals surface area contributed by atoms with Gasteiger partial charge >= 0.3 is 0 Å². The molecule has 1 unspecified atom stereocenters. The predicted octanol–water partition coefficient (Wildman–Crippen LogP) is 2.27. The first-order chi connectivity index (χ1) is 9.12. The molecule has 1 heterocycles. The third-order valence-corrected chi connectivity index (χ3v) is 4.83. The number of ether oxygens (including phenoxy) is 1. The van der Waals surface area contributed by atoms with Crippen molar-refractivity contribution in [2.45, 2.75) is 32.1 Å². The Morgan fingerprint density at radius 3 is 2.95 bits per heavy atom. The molecule has 0 radical (unpaired) electrons. The van der Waals surface area contributed by atoms with E-state index in [1.807, 2.05) is 31.2 Å². The fourth-order valence-electron chi connectivity index (χ4n) is 2.26. The molecule has 1 aliphatic heterocycles. The van der Waals surface area contributed by atoms with Crippen LogP contribution in [0.2, 0.25) is 0 Å². The zero-order chi connectivity index (χ0) is 13.7. The van der Waals surface area contributed by atoms with E-state index in [4.69, 9.17) is 4.74 Å². The number of para-hydroxylation sites is 1. The van der Waals surface area contributed by atoms with Crippen LogP contribution in [0.3, 0.4) is 0 Å². The van der Waals surface area contributed by atoms with Crippen LogP contribution in [0.1, 0.15) is 37.7 Å². The molecule has 0 bridgehead atoms. The summed E-state index contributed by atoms with van der Waals surface area (Å²) in [6.45, 7) is 3.11. The first-order valence-electron chi connectivity index (χ1n) is 6.81. The van der Waals surface area contributed by atoms with Crippen molar-refractivity contribution in [3.8, 4) is 5.75 Å². The molecular weight excluding hydrogens is 262 g/mol. The Kier molecular flexibility index (Phi) is 4.82. The first kappa shape index (κ1) is 14.3. The lowest BCUT2D eigenvalue weighted by atomic mass is 9.93. The Morgan fingerprint density at radius 2 is 2.16 bits per heavy atom. The Balaban J connectivity index is 1.98. The van der Waals surface area contributed by atoms with Gasteiger partial charge in [-0.25, -0.2) is 13.1 Å². The van der Waals surface area contributed by atoms with Gasteiger partial charge in [-0.15, -0.1) is 0 Å². The number of rotatable bonds is 6. The summed E-state index contributed by atoms with van der Waals surface area (Å²) in [6.07, 6.45) is 2.45. The van der Waals surface area contributed by atoms with Crippen LogP contribution in [0.5, 0.6) is 5.75 Å². The van der Waals surface area contributed by atoms with Crippen LogP contribution in [-0.4, -0.2) is 27.3 Å². The van der Waals surface area contributed by atoms with Crippen molar-refractivity contribution in [3.63, 3.8) is 0 Å². The summed E-state index contributed by atoms with van der Waals surface area (Å²) in [5, 5.41) is 0. The second kappa shape index (κ2) is 6.39. The number of unbranched alkanes of at least 4 members (excludes halogenated alkanes) is 1. The van der Waals surface area contributed by atoms with Crippen LogP contribution in [0.25, 0.3) is 0 Å². The van der Waals surface area contributed by atoms with E-state index in [0.717, 1.165) is 24.2 Å². The summed E-state index contributed by atoms with van der Waals surface area (Å²) in [6, 6.07) is 7.85. The number of benzene rings is 1. The van der Waals surface area contributed by atoms with E-state index in [9.17, 15) is 8.42 Å². The predicted molar refractivity (Wildman–Crippen MR) is 76.0 cm³/mol. The highest BCUT2D eigenvalue weighted by atomic mass is 32.2. The number of fused-ring (bicyclic) bond motifs is 1. The summed E-state index contributed by atoms with van der Waals surface area (Å²) in [5.74, 6) is 1.31. The largest absolute Gasteiger partial charge is 0.493 e. The topological polar surface area (TPSA) is 55.4 Å². The third kappa shape index (κ3) is 3.94. The second-order valence-corrected chi connectivity index (χ2v) is 6.82. The molecule has 5 heteroatoms. The molecular formula is C14H21NO3S. The minimum Gasteiger partial charge on any atom is -0.493 e. The standard InChI is InChI=1S/C14H21NO3S/c1-2-3-10-19(16,17)15-11-12-8-9-18-14-7-5-4-6-13(12)14/h4-7,12,15H,2-3,8-11H2,1H3. The van der Waals surface area contributed by atoms with Gasteiger partial charge in [-0.1, -0.05) is 31.5 Å². The van der Waals surface area contributed by atoms with Gasteiger partial charge in [0.25, 0.3) is 0 Å². The lowest BCUT2D eigenvalue weighted by molar-refractivity contribution is 0.267. The van der Waals surface area contributed by atoms with Gasteiger partial charge in [0.05, 0.1) is 12.4 Å². The first-order valence-corrected chi connectivity index (χ1v) is 8.46. The van der Waals surface area contributed by atoms with Gasteiger partial charge in [-0.3, -0.25) is 0 Å². The summed E-state index contributed by atoms with van der Waals surface area (Å²) < 4.78 is 31.9. The molecule has 0 aromatic heterocycles. The zero-order valence-electron chi connectivity index (χ0n) is 11.3. The molecule has 0 fully saturated rings. The van der Waals surface area contributed by atoms with Crippen molar-refractivity contribution in [1.82, 2.24) is 4.72 Å². The van der Waals surface area contributed by atoms with Gasteiger partial charge < -0.3 is 4.74 Å². The molecule has 19 heavy (non-hydrogen) atoms. The Bertz CT molecular complexity index is 513. The Morgan fingerprint density at radius 1 is 1.37 bits per heavy atom. The van der Waals surface area contributed by atoms with Crippen LogP contribution < -0.4 is 9.46 Å². The highest BCUT2D eigenvalue weighted by Crippen LogP contribution is 2.32. The minimum absolute atomic E-state index is 0.210. The molecule has 1 aromatic carbocycles. The highest BCUT2D eigenvalue weighted by Gasteiger charge is 2.22. The quantitative estimate of drug-likeness (QED) is 0.871. The van der Waals surface area contributed by atoms with Gasteiger partial charge in [0, 0.05) is 12.5 Å². The summed E-state index contributed by atoms with van der Waals surface area (Å²) >= 11 is 0. The fourth-order valence-corrected chi connectivity index (χ4v) is 3.53. The molecule has 1 atom stereocenters. The van der Waals surface area contributed by atoms with Gasteiger partial charge in [0.2, 0.25) is 10.0 Å². The molecule has 0 saturated carbocycles. The molecule has 1 N–H and O–H groups in total. The van der Waals surface area contributed by atoms with E-state index in [-0.39, 0.29) is 11.7 Å². The molecule has 2 rings (SSSR count). The van der Waals surface area contributed by atoms with E-state index in [2.05, 4.69) is 4.72 Å². The Hall–Kier alpha value is -1.07. The number of hydrogen-bond donors (Lipinski definition) is 1. The normalized spacial score (nSPS) is 18.7. The van der Waals surface area contributed by atoms with Crippen molar-refractivity contribution < 1.29 is 13.2 Å². The van der Waals surface area contributed by atoms with E-state index in [0.29, 0.717) is 19.6 Å². The van der Waals surface area contributed by atoms with Gasteiger partial charge in [0.15, 0.2) is 0 Å². The smallest absolute Gasteiger partial charge is 0.211 e. The average molecular weight is 283 g/mol. The summed E-state index contributed by atoms with van der Waals surface area (Å²) in [4.78, 5) is 0. The lowest BCUT2D eigenvalue weighted by Crippen LogP contribution is -2.32. The van der Waals surface area contributed by atoms with Crippen LogP contribution in [0.15, 0.2) is 24.3 Å². The highest BCUT2D eigenvalue weighted by molar-refractivity contribution is 7.89. The van der Waals surface area contributed by atoms with E-state index >= 15 is 0 Å². The Labute approximate surface area is 115 Å². The molecule has 1 aromatic rings. The van der Waals surface area contributed by atoms with Gasteiger partial charge in [-0.05, 0) is 24.5 Å².